The topological polar surface area (TPSA) is 50.9 Å². The Morgan fingerprint density at radius 2 is 1.84 bits per heavy atom. The molecule has 0 bridgehead atoms. The molecule has 1 atom stereocenters. The molecule has 0 fully saturated rings. The monoisotopic (exact) mass is 283 g/mol. The lowest BCUT2D eigenvalue weighted by molar-refractivity contribution is 0.586. The second kappa shape index (κ2) is 5.13. The fraction of sp³-hybridized carbons (Fsp3) is 0.308. The summed E-state index contributed by atoms with van der Waals surface area (Å²) < 4.78 is 27.4. The Morgan fingerprint density at radius 1 is 1.26 bits per heavy atom. The molecule has 0 radical (unpaired) electrons. The summed E-state index contributed by atoms with van der Waals surface area (Å²) in [7, 11) is 0. The third-order valence-corrected chi connectivity index (χ3v) is 4.01. The molecule has 2 aromatic rings. The summed E-state index contributed by atoms with van der Waals surface area (Å²) >= 11 is 1.51. The van der Waals surface area contributed by atoms with Crippen LogP contribution in [0.4, 0.5) is 20.2 Å². The highest BCUT2D eigenvalue weighted by molar-refractivity contribution is 7.11. The van der Waals surface area contributed by atoms with E-state index in [0.29, 0.717) is 0 Å². The Labute approximate surface area is 114 Å². The number of hydrogen-bond acceptors (Lipinski definition) is 4. The highest BCUT2D eigenvalue weighted by Crippen LogP contribution is 2.30. The Hall–Kier alpha value is -1.69. The zero-order valence-corrected chi connectivity index (χ0v) is 11.7. The quantitative estimate of drug-likeness (QED) is 0.843. The molecule has 3 nitrogen and oxygen atoms in total. The van der Waals surface area contributed by atoms with Gasteiger partial charge in [0.15, 0.2) is 11.6 Å². The van der Waals surface area contributed by atoms with Gasteiger partial charge in [-0.3, -0.25) is 0 Å². The van der Waals surface area contributed by atoms with Crippen molar-refractivity contribution in [1.82, 2.24) is 4.98 Å². The Kier molecular flexibility index (Phi) is 3.71. The number of thiazole rings is 1. The van der Waals surface area contributed by atoms with Crippen LogP contribution in [0.25, 0.3) is 0 Å². The molecule has 1 heterocycles. The van der Waals surface area contributed by atoms with Gasteiger partial charge >= 0.3 is 0 Å². The van der Waals surface area contributed by atoms with Crippen molar-refractivity contribution in [3.8, 4) is 0 Å². The van der Waals surface area contributed by atoms with Crippen molar-refractivity contribution >= 4 is 22.7 Å². The number of aryl methyl sites for hydroxylation is 2. The average Bonchev–Trinajstić information content (AvgIpc) is 2.62. The molecule has 0 spiro atoms. The minimum atomic E-state index is -0.691. The molecular weight excluding hydrogens is 268 g/mol. The van der Waals surface area contributed by atoms with Crippen LogP contribution < -0.4 is 11.1 Å². The predicted molar refractivity (Wildman–Crippen MR) is 74.4 cm³/mol. The smallest absolute Gasteiger partial charge is 0.151 e. The minimum absolute atomic E-state index is 0.0676. The molecule has 0 amide bonds. The SMILES string of the molecule is Cc1nc(C)c(C(C)Nc2c(F)cc(N)cc2F)s1. The van der Waals surface area contributed by atoms with Gasteiger partial charge in [0.25, 0.3) is 0 Å². The summed E-state index contributed by atoms with van der Waals surface area (Å²) in [5, 5.41) is 3.77. The highest BCUT2D eigenvalue weighted by atomic mass is 32.1. The largest absolute Gasteiger partial charge is 0.399 e. The van der Waals surface area contributed by atoms with Crippen LogP contribution in [0, 0.1) is 25.5 Å². The Bertz CT molecular complexity index is 587. The van der Waals surface area contributed by atoms with Crippen LogP contribution >= 0.6 is 11.3 Å². The number of anilines is 2. The van der Waals surface area contributed by atoms with E-state index in [9.17, 15) is 8.78 Å². The molecule has 102 valence electrons. The van der Waals surface area contributed by atoms with E-state index in [1.165, 1.54) is 11.3 Å². The lowest BCUT2D eigenvalue weighted by Crippen LogP contribution is -2.10. The molecule has 0 saturated carbocycles. The molecule has 19 heavy (non-hydrogen) atoms. The van der Waals surface area contributed by atoms with E-state index < -0.39 is 11.6 Å². The lowest BCUT2D eigenvalue weighted by Gasteiger charge is -2.16. The number of nitrogen functional groups attached to an aromatic ring is 1. The van der Waals surface area contributed by atoms with Gasteiger partial charge in [0.2, 0.25) is 0 Å². The standard InChI is InChI=1S/C13H15F2N3S/c1-6-13(19-8(3)17-6)7(2)18-12-10(14)4-9(16)5-11(12)15/h4-5,7,18H,16H2,1-3H3. The van der Waals surface area contributed by atoms with Crippen molar-refractivity contribution in [2.75, 3.05) is 11.1 Å². The van der Waals surface area contributed by atoms with Crippen molar-refractivity contribution in [3.63, 3.8) is 0 Å². The van der Waals surface area contributed by atoms with Crippen molar-refractivity contribution < 1.29 is 8.78 Å². The third-order valence-electron chi connectivity index (χ3n) is 2.76. The summed E-state index contributed by atoms with van der Waals surface area (Å²) in [6, 6.07) is 1.98. The van der Waals surface area contributed by atoms with Gasteiger partial charge in [-0.2, -0.15) is 0 Å². The zero-order chi connectivity index (χ0) is 14.2. The van der Waals surface area contributed by atoms with Crippen molar-refractivity contribution in [3.05, 3.63) is 39.3 Å². The highest BCUT2D eigenvalue weighted by Gasteiger charge is 2.17. The molecule has 3 N–H and O–H groups in total. The van der Waals surface area contributed by atoms with Gasteiger partial charge in [0, 0.05) is 10.6 Å². The van der Waals surface area contributed by atoms with Gasteiger partial charge in [0.05, 0.1) is 16.7 Å². The third kappa shape index (κ3) is 2.84. The van der Waals surface area contributed by atoms with Crippen LogP contribution in [-0.4, -0.2) is 4.98 Å². The van der Waals surface area contributed by atoms with Crippen LogP contribution in [0.3, 0.4) is 0 Å². The molecule has 6 heteroatoms. The fourth-order valence-corrected chi connectivity index (χ4v) is 2.89. The maximum atomic E-state index is 13.7. The van der Waals surface area contributed by atoms with Gasteiger partial charge < -0.3 is 11.1 Å². The summed E-state index contributed by atoms with van der Waals surface area (Å²) in [5.74, 6) is -1.38. The number of aromatic nitrogens is 1. The fourth-order valence-electron chi connectivity index (χ4n) is 1.96. The van der Waals surface area contributed by atoms with Crippen LogP contribution in [-0.2, 0) is 0 Å². The van der Waals surface area contributed by atoms with E-state index in [1.807, 2.05) is 20.8 Å². The van der Waals surface area contributed by atoms with E-state index in [4.69, 9.17) is 5.73 Å². The van der Waals surface area contributed by atoms with E-state index in [2.05, 4.69) is 10.3 Å². The molecule has 1 aromatic carbocycles. The zero-order valence-electron chi connectivity index (χ0n) is 10.9. The number of halogens is 2. The average molecular weight is 283 g/mol. The first-order chi connectivity index (χ1) is 8.88. The van der Waals surface area contributed by atoms with Gasteiger partial charge in [0.1, 0.15) is 5.69 Å². The second-order valence-electron chi connectivity index (χ2n) is 4.41. The number of nitrogens with two attached hydrogens (primary N) is 1. The number of benzene rings is 1. The second-order valence-corrected chi connectivity index (χ2v) is 5.64. The first-order valence-corrected chi connectivity index (χ1v) is 6.65. The first kappa shape index (κ1) is 13.7. The van der Waals surface area contributed by atoms with Crippen LogP contribution in [0.5, 0.6) is 0 Å². The van der Waals surface area contributed by atoms with Crippen LogP contribution in [0.15, 0.2) is 12.1 Å². The Balaban J connectivity index is 2.29. The van der Waals surface area contributed by atoms with Crippen LogP contribution in [0.2, 0.25) is 0 Å². The van der Waals surface area contributed by atoms with Gasteiger partial charge in [-0.05, 0) is 32.9 Å². The molecule has 1 unspecified atom stereocenters. The van der Waals surface area contributed by atoms with E-state index >= 15 is 0 Å². The number of rotatable bonds is 3. The Morgan fingerprint density at radius 3 is 2.32 bits per heavy atom. The van der Waals surface area contributed by atoms with Gasteiger partial charge in [-0.15, -0.1) is 11.3 Å². The molecule has 1 aromatic heterocycles. The number of nitrogens with zero attached hydrogens (tertiary/aromatic N) is 1. The summed E-state index contributed by atoms with van der Waals surface area (Å²) in [5.41, 5.74) is 6.16. The summed E-state index contributed by atoms with van der Waals surface area (Å²) in [6.07, 6.45) is 0. The number of hydrogen-bond donors (Lipinski definition) is 2. The summed E-state index contributed by atoms with van der Waals surface area (Å²) in [4.78, 5) is 5.27. The van der Waals surface area contributed by atoms with E-state index in [0.717, 1.165) is 27.7 Å². The van der Waals surface area contributed by atoms with Crippen molar-refractivity contribution in [2.24, 2.45) is 0 Å². The lowest BCUT2D eigenvalue weighted by atomic mass is 10.2. The van der Waals surface area contributed by atoms with Gasteiger partial charge in [-0.1, -0.05) is 0 Å². The minimum Gasteiger partial charge on any atom is -0.399 e. The molecular formula is C13H15F2N3S. The predicted octanol–water partition coefficient (Wildman–Crippen LogP) is 3.79. The maximum Gasteiger partial charge on any atom is 0.151 e. The molecule has 0 aliphatic heterocycles. The molecule has 2 rings (SSSR count). The summed E-state index contributed by atoms with van der Waals surface area (Å²) in [6.45, 7) is 5.63. The molecule has 0 aliphatic carbocycles. The first-order valence-electron chi connectivity index (χ1n) is 5.83. The normalized spacial score (nSPS) is 12.5. The van der Waals surface area contributed by atoms with E-state index in [1.54, 1.807) is 0 Å². The molecule has 0 aliphatic rings. The van der Waals surface area contributed by atoms with E-state index in [-0.39, 0.29) is 17.4 Å². The number of nitrogens with one attached hydrogen (secondary N) is 1. The van der Waals surface area contributed by atoms with Crippen molar-refractivity contribution in [1.29, 1.82) is 0 Å². The molecule has 0 saturated heterocycles. The van der Waals surface area contributed by atoms with Crippen LogP contribution in [0.1, 0.15) is 28.5 Å². The van der Waals surface area contributed by atoms with Crippen molar-refractivity contribution in [2.45, 2.75) is 26.8 Å². The van der Waals surface area contributed by atoms with Gasteiger partial charge in [-0.25, -0.2) is 13.8 Å². The maximum absolute atomic E-state index is 13.7.